The first-order valence-electron chi connectivity index (χ1n) is 4.56. The predicted octanol–water partition coefficient (Wildman–Crippen LogP) is 2.33. The fraction of sp³-hybridized carbons (Fsp3) is 1.00. The molecule has 0 saturated carbocycles. The smallest absolute Gasteiger partial charge is 0.147 e. The van der Waals surface area contributed by atoms with Crippen molar-refractivity contribution >= 4 is 0 Å². The zero-order valence-corrected chi connectivity index (χ0v) is 7.51. The van der Waals surface area contributed by atoms with Crippen molar-refractivity contribution in [3.05, 3.63) is 0 Å². The summed E-state index contributed by atoms with van der Waals surface area (Å²) in [6.45, 7) is 4.82. The molecule has 1 rings (SSSR count). The van der Waals surface area contributed by atoms with Gasteiger partial charge < -0.3 is 9.47 Å². The highest BCUT2D eigenvalue weighted by Crippen LogP contribution is 2.17. The van der Waals surface area contributed by atoms with E-state index in [0.29, 0.717) is 19.0 Å². The Bertz CT molecular complexity index is 104. The van der Waals surface area contributed by atoms with E-state index in [1.165, 1.54) is 19.3 Å². The molecule has 11 heavy (non-hydrogen) atoms. The van der Waals surface area contributed by atoms with E-state index >= 15 is 0 Å². The molecule has 0 aromatic carbocycles. The van der Waals surface area contributed by atoms with Gasteiger partial charge in [-0.05, 0) is 19.8 Å². The zero-order valence-electron chi connectivity index (χ0n) is 7.51. The van der Waals surface area contributed by atoms with Crippen molar-refractivity contribution in [2.75, 3.05) is 6.79 Å². The molecule has 1 saturated heterocycles. The Kier molecular flexibility index (Phi) is 3.87. The van der Waals surface area contributed by atoms with Crippen molar-refractivity contribution < 1.29 is 9.47 Å². The SMILES string of the molecule is CCCC[C@@H]1C[C@H](C)OCO1. The van der Waals surface area contributed by atoms with Crippen LogP contribution in [-0.2, 0) is 9.47 Å². The van der Waals surface area contributed by atoms with Gasteiger partial charge in [0.2, 0.25) is 0 Å². The van der Waals surface area contributed by atoms with Crippen LogP contribution < -0.4 is 0 Å². The van der Waals surface area contributed by atoms with E-state index in [1.807, 2.05) is 0 Å². The maximum Gasteiger partial charge on any atom is 0.147 e. The first kappa shape index (κ1) is 9.01. The average Bonchev–Trinajstić information content (AvgIpc) is 2.01. The summed E-state index contributed by atoms with van der Waals surface area (Å²) in [6.07, 6.45) is 5.65. The van der Waals surface area contributed by atoms with Gasteiger partial charge >= 0.3 is 0 Å². The summed E-state index contributed by atoms with van der Waals surface area (Å²) in [7, 11) is 0. The van der Waals surface area contributed by atoms with Crippen LogP contribution in [0.4, 0.5) is 0 Å². The number of hydrogen-bond donors (Lipinski definition) is 0. The third-order valence-electron chi connectivity index (χ3n) is 2.13. The first-order chi connectivity index (χ1) is 5.33. The molecule has 1 fully saturated rings. The Morgan fingerprint density at radius 1 is 1.36 bits per heavy atom. The van der Waals surface area contributed by atoms with E-state index in [0.717, 1.165) is 6.42 Å². The Balaban J connectivity index is 2.12. The van der Waals surface area contributed by atoms with Crippen molar-refractivity contribution in [1.29, 1.82) is 0 Å². The quantitative estimate of drug-likeness (QED) is 0.627. The molecule has 0 unspecified atom stereocenters. The summed E-state index contributed by atoms with van der Waals surface area (Å²) >= 11 is 0. The van der Waals surface area contributed by atoms with Crippen molar-refractivity contribution in [1.82, 2.24) is 0 Å². The second-order valence-electron chi connectivity index (χ2n) is 3.26. The Morgan fingerprint density at radius 2 is 2.18 bits per heavy atom. The van der Waals surface area contributed by atoms with Gasteiger partial charge in [0.15, 0.2) is 0 Å². The third kappa shape index (κ3) is 3.21. The van der Waals surface area contributed by atoms with E-state index in [9.17, 15) is 0 Å². The molecule has 2 atom stereocenters. The molecular weight excluding hydrogens is 140 g/mol. The van der Waals surface area contributed by atoms with Crippen LogP contribution in [-0.4, -0.2) is 19.0 Å². The van der Waals surface area contributed by atoms with Crippen LogP contribution in [0.1, 0.15) is 39.5 Å². The maximum atomic E-state index is 5.43. The zero-order chi connectivity index (χ0) is 8.10. The summed E-state index contributed by atoms with van der Waals surface area (Å²) in [5, 5.41) is 0. The van der Waals surface area contributed by atoms with Gasteiger partial charge in [0.1, 0.15) is 6.79 Å². The minimum Gasteiger partial charge on any atom is -0.352 e. The van der Waals surface area contributed by atoms with Gasteiger partial charge in [-0.25, -0.2) is 0 Å². The molecule has 0 aromatic rings. The normalized spacial score (nSPS) is 32.2. The third-order valence-corrected chi connectivity index (χ3v) is 2.13. The van der Waals surface area contributed by atoms with E-state index < -0.39 is 0 Å². The number of rotatable bonds is 3. The molecule has 1 aliphatic heterocycles. The highest BCUT2D eigenvalue weighted by Gasteiger charge is 2.18. The second kappa shape index (κ2) is 4.73. The van der Waals surface area contributed by atoms with Crippen LogP contribution >= 0.6 is 0 Å². The molecule has 0 spiro atoms. The molecule has 1 heterocycles. The van der Waals surface area contributed by atoms with E-state index in [4.69, 9.17) is 9.47 Å². The monoisotopic (exact) mass is 158 g/mol. The van der Waals surface area contributed by atoms with E-state index in [1.54, 1.807) is 0 Å². The lowest BCUT2D eigenvalue weighted by Crippen LogP contribution is -2.29. The van der Waals surface area contributed by atoms with Gasteiger partial charge in [-0.3, -0.25) is 0 Å². The molecular formula is C9H18O2. The molecule has 0 bridgehead atoms. The Labute approximate surface area is 68.9 Å². The van der Waals surface area contributed by atoms with Crippen LogP contribution in [0.3, 0.4) is 0 Å². The van der Waals surface area contributed by atoms with Gasteiger partial charge in [-0.15, -0.1) is 0 Å². The van der Waals surface area contributed by atoms with Crippen LogP contribution in [0.15, 0.2) is 0 Å². The molecule has 0 aromatic heterocycles. The van der Waals surface area contributed by atoms with Crippen LogP contribution in [0.25, 0.3) is 0 Å². The predicted molar refractivity (Wildman–Crippen MR) is 44.4 cm³/mol. The highest BCUT2D eigenvalue weighted by atomic mass is 16.7. The van der Waals surface area contributed by atoms with Gasteiger partial charge in [0.25, 0.3) is 0 Å². The first-order valence-corrected chi connectivity index (χ1v) is 4.56. The van der Waals surface area contributed by atoms with Gasteiger partial charge in [-0.2, -0.15) is 0 Å². The molecule has 0 amide bonds. The number of unbranched alkanes of at least 4 members (excludes halogenated alkanes) is 1. The van der Waals surface area contributed by atoms with Crippen molar-refractivity contribution in [3.8, 4) is 0 Å². The van der Waals surface area contributed by atoms with Gasteiger partial charge in [0, 0.05) is 0 Å². The fourth-order valence-electron chi connectivity index (χ4n) is 1.39. The fourth-order valence-corrected chi connectivity index (χ4v) is 1.39. The molecule has 2 heteroatoms. The molecule has 0 aliphatic carbocycles. The van der Waals surface area contributed by atoms with Crippen LogP contribution in [0.5, 0.6) is 0 Å². The van der Waals surface area contributed by atoms with Crippen molar-refractivity contribution in [2.24, 2.45) is 0 Å². The summed E-state index contributed by atoms with van der Waals surface area (Å²) in [5.41, 5.74) is 0. The summed E-state index contributed by atoms with van der Waals surface area (Å²) < 4.78 is 10.7. The minimum absolute atomic E-state index is 0.394. The largest absolute Gasteiger partial charge is 0.352 e. The van der Waals surface area contributed by atoms with Crippen LogP contribution in [0.2, 0.25) is 0 Å². The topological polar surface area (TPSA) is 18.5 Å². The molecule has 0 radical (unpaired) electrons. The minimum atomic E-state index is 0.394. The number of ether oxygens (including phenoxy) is 2. The lowest BCUT2D eigenvalue weighted by molar-refractivity contribution is -0.171. The summed E-state index contributed by atoms with van der Waals surface area (Å²) in [5.74, 6) is 0. The Hall–Kier alpha value is -0.0800. The average molecular weight is 158 g/mol. The maximum absolute atomic E-state index is 5.43. The van der Waals surface area contributed by atoms with E-state index in [-0.39, 0.29) is 0 Å². The number of hydrogen-bond acceptors (Lipinski definition) is 2. The lowest BCUT2D eigenvalue weighted by atomic mass is 10.1. The summed E-state index contributed by atoms with van der Waals surface area (Å²) in [6, 6.07) is 0. The standard InChI is InChI=1S/C9H18O2/c1-3-4-5-9-6-8(2)10-7-11-9/h8-9H,3-7H2,1-2H3/t8-,9+/m0/s1. The van der Waals surface area contributed by atoms with Crippen LogP contribution in [0, 0.1) is 0 Å². The van der Waals surface area contributed by atoms with Gasteiger partial charge in [-0.1, -0.05) is 19.8 Å². The van der Waals surface area contributed by atoms with Crippen molar-refractivity contribution in [3.63, 3.8) is 0 Å². The highest BCUT2D eigenvalue weighted by molar-refractivity contribution is 4.65. The molecule has 1 aliphatic rings. The van der Waals surface area contributed by atoms with Crippen molar-refractivity contribution in [2.45, 2.75) is 51.7 Å². The Morgan fingerprint density at radius 3 is 2.82 bits per heavy atom. The van der Waals surface area contributed by atoms with E-state index in [2.05, 4.69) is 13.8 Å². The molecule has 2 nitrogen and oxygen atoms in total. The van der Waals surface area contributed by atoms with Gasteiger partial charge in [0.05, 0.1) is 12.2 Å². The molecule has 0 N–H and O–H groups in total. The lowest BCUT2D eigenvalue weighted by Gasteiger charge is -2.27. The molecule has 66 valence electrons. The summed E-state index contributed by atoms with van der Waals surface area (Å²) in [4.78, 5) is 0. The second-order valence-corrected chi connectivity index (χ2v) is 3.26.